The SMILES string of the molecule is COc1cc(Cn2nnc3c(-c4ccc(C)o4)nc(N)nc32)ccc1NS(=O)(=O)O. The molecule has 3 heterocycles. The maximum atomic E-state index is 11.1. The smallest absolute Gasteiger partial charge is 0.357 e. The Hall–Kier alpha value is -3.71. The number of furan rings is 1. The van der Waals surface area contributed by atoms with Crippen molar-refractivity contribution in [2.45, 2.75) is 13.5 Å². The number of hydrogen-bond donors (Lipinski definition) is 3. The number of nitrogens with zero attached hydrogens (tertiary/aromatic N) is 5. The Kier molecular flexibility index (Phi) is 4.75. The lowest BCUT2D eigenvalue weighted by Crippen LogP contribution is -2.11. The predicted octanol–water partition coefficient (Wildman–Crippen LogP) is 1.64. The first-order valence-corrected chi connectivity index (χ1v) is 10.0. The highest BCUT2D eigenvalue weighted by molar-refractivity contribution is 7.87. The number of fused-ring (bicyclic) bond motifs is 1. The van der Waals surface area contributed by atoms with Gasteiger partial charge in [0.05, 0.1) is 19.3 Å². The molecule has 4 N–H and O–H groups in total. The van der Waals surface area contributed by atoms with Crippen LogP contribution in [0.1, 0.15) is 11.3 Å². The fourth-order valence-corrected chi connectivity index (χ4v) is 3.39. The average Bonchev–Trinajstić information content (AvgIpc) is 3.28. The molecule has 13 heteroatoms. The summed E-state index contributed by atoms with van der Waals surface area (Å²) in [5.74, 6) is 1.48. The maximum Gasteiger partial charge on any atom is 0.357 e. The molecule has 30 heavy (non-hydrogen) atoms. The van der Waals surface area contributed by atoms with Gasteiger partial charge in [-0.2, -0.15) is 13.4 Å². The lowest BCUT2D eigenvalue weighted by atomic mass is 10.2. The number of nitrogens with one attached hydrogen (secondary N) is 1. The third-order valence-corrected chi connectivity index (χ3v) is 4.67. The number of nitrogens with two attached hydrogens (primary N) is 1. The molecule has 0 fully saturated rings. The molecule has 0 saturated heterocycles. The summed E-state index contributed by atoms with van der Waals surface area (Å²) in [6, 6.07) is 8.27. The zero-order valence-corrected chi connectivity index (χ0v) is 16.7. The van der Waals surface area contributed by atoms with Gasteiger partial charge in [-0.3, -0.25) is 9.27 Å². The standard InChI is InChI=1S/C17H17N7O5S/c1-9-3-6-12(29-9)14-15-16(20-17(18)19-14)24(23-21-15)8-10-4-5-11(13(7-10)28-2)22-30(25,26)27/h3-7,22H,8H2,1-2H3,(H2,18,19,20)(H,25,26,27). The first kappa shape index (κ1) is 19.6. The summed E-state index contributed by atoms with van der Waals surface area (Å²) < 4.78 is 45.4. The van der Waals surface area contributed by atoms with Crippen LogP contribution in [0, 0.1) is 6.92 Å². The number of rotatable bonds is 6. The molecule has 1 aromatic carbocycles. The van der Waals surface area contributed by atoms with Crippen LogP contribution in [0.25, 0.3) is 22.6 Å². The lowest BCUT2D eigenvalue weighted by Gasteiger charge is -2.11. The molecule has 12 nitrogen and oxygen atoms in total. The third kappa shape index (κ3) is 3.88. The maximum absolute atomic E-state index is 11.1. The zero-order chi connectivity index (χ0) is 21.5. The summed E-state index contributed by atoms with van der Waals surface area (Å²) in [6.07, 6.45) is 0. The fourth-order valence-electron chi connectivity index (χ4n) is 2.94. The predicted molar refractivity (Wildman–Crippen MR) is 107 cm³/mol. The third-order valence-electron chi connectivity index (χ3n) is 4.19. The van der Waals surface area contributed by atoms with Gasteiger partial charge in [0.25, 0.3) is 0 Å². The van der Waals surface area contributed by atoms with E-state index in [1.54, 1.807) is 24.3 Å². The Morgan fingerprint density at radius 3 is 2.73 bits per heavy atom. The van der Waals surface area contributed by atoms with Gasteiger partial charge in [-0.05, 0) is 36.8 Å². The second kappa shape index (κ2) is 7.27. The van der Waals surface area contributed by atoms with Crippen molar-refractivity contribution in [3.63, 3.8) is 0 Å². The molecule has 0 aliphatic rings. The number of aromatic nitrogens is 5. The number of hydrogen-bond acceptors (Lipinski definition) is 9. The van der Waals surface area contributed by atoms with Gasteiger partial charge in [0.15, 0.2) is 16.9 Å². The van der Waals surface area contributed by atoms with Crippen LogP contribution in [-0.4, -0.2) is 45.0 Å². The highest BCUT2D eigenvalue weighted by Gasteiger charge is 2.18. The lowest BCUT2D eigenvalue weighted by molar-refractivity contribution is 0.415. The van der Waals surface area contributed by atoms with Gasteiger partial charge >= 0.3 is 10.3 Å². The van der Waals surface area contributed by atoms with Crippen LogP contribution >= 0.6 is 0 Å². The van der Waals surface area contributed by atoms with Crippen molar-refractivity contribution in [2.24, 2.45) is 0 Å². The Labute approximate surface area is 170 Å². The molecule has 0 bridgehead atoms. The number of benzene rings is 1. The average molecular weight is 431 g/mol. The summed E-state index contributed by atoms with van der Waals surface area (Å²) >= 11 is 0. The van der Waals surface area contributed by atoms with Crippen LogP contribution in [0.4, 0.5) is 11.6 Å². The Bertz CT molecular complexity index is 1350. The first-order valence-electron chi connectivity index (χ1n) is 8.59. The van der Waals surface area contributed by atoms with Crippen molar-refractivity contribution in [2.75, 3.05) is 17.6 Å². The van der Waals surface area contributed by atoms with Crippen LogP contribution in [0.15, 0.2) is 34.7 Å². The second-order valence-corrected chi connectivity index (χ2v) is 7.53. The summed E-state index contributed by atoms with van der Waals surface area (Å²) in [6.45, 7) is 2.06. The molecule has 0 atom stereocenters. The van der Waals surface area contributed by atoms with Crippen LogP contribution < -0.4 is 15.2 Å². The Morgan fingerprint density at radius 2 is 2.07 bits per heavy atom. The molecule has 156 valence electrons. The van der Waals surface area contributed by atoms with Crippen molar-refractivity contribution in [1.29, 1.82) is 0 Å². The summed E-state index contributed by atoms with van der Waals surface area (Å²) in [5.41, 5.74) is 7.95. The van der Waals surface area contributed by atoms with E-state index in [1.165, 1.54) is 17.9 Å². The number of aryl methyl sites for hydroxylation is 1. The monoisotopic (exact) mass is 431 g/mol. The van der Waals surface area contributed by atoms with Crippen LogP contribution in [0.3, 0.4) is 0 Å². The normalized spacial score (nSPS) is 11.7. The van der Waals surface area contributed by atoms with Crippen LogP contribution in [0.5, 0.6) is 5.75 Å². The van der Waals surface area contributed by atoms with E-state index >= 15 is 0 Å². The topological polar surface area (TPSA) is 171 Å². The van der Waals surface area contributed by atoms with E-state index in [0.717, 1.165) is 0 Å². The highest BCUT2D eigenvalue weighted by atomic mass is 32.2. The number of methoxy groups -OCH3 is 1. The molecular formula is C17H17N7O5S. The number of nitrogen functional groups attached to an aromatic ring is 1. The van der Waals surface area contributed by atoms with Crippen molar-refractivity contribution < 1.29 is 22.1 Å². The molecule has 0 aliphatic carbocycles. The van der Waals surface area contributed by atoms with E-state index in [9.17, 15) is 8.42 Å². The van der Waals surface area contributed by atoms with E-state index in [2.05, 4.69) is 20.3 Å². The minimum Gasteiger partial charge on any atom is -0.495 e. The molecule has 0 amide bonds. The van der Waals surface area contributed by atoms with Crippen molar-refractivity contribution >= 4 is 33.1 Å². The van der Waals surface area contributed by atoms with Gasteiger partial charge in [-0.15, -0.1) is 5.10 Å². The number of ether oxygens (including phenoxy) is 1. The van der Waals surface area contributed by atoms with Crippen LogP contribution in [0.2, 0.25) is 0 Å². The van der Waals surface area contributed by atoms with Crippen molar-refractivity contribution in [3.8, 4) is 17.2 Å². The largest absolute Gasteiger partial charge is 0.495 e. The molecule has 0 unspecified atom stereocenters. The van der Waals surface area contributed by atoms with E-state index < -0.39 is 10.3 Å². The van der Waals surface area contributed by atoms with E-state index in [4.69, 9.17) is 19.4 Å². The minimum atomic E-state index is -4.43. The Balaban J connectivity index is 1.72. The van der Waals surface area contributed by atoms with E-state index in [1.807, 2.05) is 11.6 Å². The second-order valence-electron chi connectivity index (χ2n) is 6.37. The van der Waals surface area contributed by atoms with Gasteiger partial charge in [0, 0.05) is 0 Å². The quantitative estimate of drug-likeness (QED) is 0.381. The molecule has 0 saturated carbocycles. The first-order chi connectivity index (χ1) is 14.2. The van der Waals surface area contributed by atoms with Gasteiger partial charge < -0.3 is 14.9 Å². The molecule has 3 aromatic heterocycles. The van der Waals surface area contributed by atoms with Gasteiger partial charge in [-0.25, -0.2) is 9.67 Å². The van der Waals surface area contributed by atoms with Crippen molar-refractivity contribution in [3.05, 3.63) is 41.7 Å². The fraction of sp³-hybridized carbons (Fsp3) is 0.176. The molecule has 0 aliphatic heterocycles. The molecule has 0 spiro atoms. The summed E-state index contributed by atoms with van der Waals surface area (Å²) in [5, 5.41) is 8.30. The minimum absolute atomic E-state index is 0.0420. The molecule has 0 radical (unpaired) electrons. The molecule has 4 aromatic rings. The summed E-state index contributed by atoms with van der Waals surface area (Å²) in [7, 11) is -3.05. The zero-order valence-electron chi connectivity index (χ0n) is 15.9. The summed E-state index contributed by atoms with van der Waals surface area (Å²) in [4.78, 5) is 8.47. The van der Waals surface area contributed by atoms with Gasteiger partial charge in [-0.1, -0.05) is 11.3 Å². The highest BCUT2D eigenvalue weighted by Crippen LogP contribution is 2.29. The Morgan fingerprint density at radius 1 is 1.27 bits per heavy atom. The van der Waals surface area contributed by atoms with Gasteiger partial charge in [0.2, 0.25) is 5.95 Å². The molecular weight excluding hydrogens is 414 g/mol. The van der Waals surface area contributed by atoms with E-state index in [-0.39, 0.29) is 23.9 Å². The van der Waals surface area contributed by atoms with Gasteiger partial charge in [0.1, 0.15) is 17.2 Å². The van der Waals surface area contributed by atoms with Crippen molar-refractivity contribution in [1.82, 2.24) is 25.0 Å². The number of anilines is 2. The molecule has 4 rings (SSSR count). The van der Waals surface area contributed by atoms with E-state index in [0.29, 0.717) is 33.9 Å². The van der Waals surface area contributed by atoms with Crippen LogP contribution in [-0.2, 0) is 16.8 Å².